The molecule has 0 unspecified atom stereocenters. The summed E-state index contributed by atoms with van der Waals surface area (Å²) in [7, 11) is -7.08. The molecule has 1 aromatic rings. The van der Waals surface area contributed by atoms with Crippen LogP contribution in [0.4, 0.5) is 0 Å². The molecule has 0 saturated carbocycles. The molecule has 0 aliphatic heterocycles. The van der Waals surface area contributed by atoms with Gasteiger partial charge in [-0.3, -0.25) is 0 Å². The first-order valence-corrected chi connectivity index (χ1v) is 8.31. The maximum atomic E-state index is 11.7. The van der Waals surface area contributed by atoms with Gasteiger partial charge in [-0.15, -0.1) is 0 Å². The fourth-order valence-corrected chi connectivity index (χ4v) is 2.70. The predicted molar refractivity (Wildman–Crippen MR) is 66.1 cm³/mol. The predicted octanol–water partition coefficient (Wildman–Crippen LogP) is -0.780. The molecule has 0 heterocycles. The molecule has 0 spiro atoms. The van der Waals surface area contributed by atoms with Gasteiger partial charge in [-0.2, -0.15) is 0 Å². The average molecular weight is 294 g/mol. The molecular weight excluding hydrogens is 280 g/mol. The highest BCUT2D eigenvalue weighted by Crippen LogP contribution is 2.15. The molecule has 0 aliphatic rings. The molecule has 102 valence electrons. The minimum Gasteiger partial charge on any atom is -0.508 e. The lowest BCUT2D eigenvalue weighted by Gasteiger charge is -2.07. The van der Waals surface area contributed by atoms with Crippen molar-refractivity contribution in [2.45, 2.75) is 4.90 Å². The lowest BCUT2D eigenvalue weighted by Crippen LogP contribution is -2.34. The largest absolute Gasteiger partial charge is 0.508 e. The topological polar surface area (TPSA) is 113 Å². The Morgan fingerprint density at radius 3 is 2.28 bits per heavy atom. The van der Waals surface area contributed by atoms with Crippen LogP contribution in [0.5, 0.6) is 5.75 Å². The molecule has 0 saturated heterocycles. The van der Waals surface area contributed by atoms with Crippen LogP contribution in [0.25, 0.3) is 0 Å². The monoisotopic (exact) mass is 294 g/mol. The fourth-order valence-electron chi connectivity index (χ4n) is 1.16. The summed E-state index contributed by atoms with van der Waals surface area (Å²) in [5.41, 5.74) is 0. The van der Waals surface area contributed by atoms with Crippen molar-refractivity contribution in [1.82, 2.24) is 9.44 Å². The molecule has 1 aromatic carbocycles. The standard InChI is InChI=1S/C9H14N2O5S2/c1-17(13,14)10-5-6-11-18(15,16)9-4-2-3-8(12)7-9/h2-4,7,10-12H,5-6H2,1H3. The number of phenols is 1. The van der Waals surface area contributed by atoms with Crippen LogP contribution in [0.2, 0.25) is 0 Å². The second kappa shape index (κ2) is 5.65. The second-order valence-corrected chi connectivity index (χ2v) is 7.16. The molecule has 0 fully saturated rings. The van der Waals surface area contributed by atoms with Gasteiger partial charge in [-0.25, -0.2) is 26.3 Å². The van der Waals surface area contributed by atoms with Gasteiger partial charge in [0.25, 0.3) is 0 Å². The zero-order chi connectivity index (χ0) is 13.8. The summed E-state index contributed by atoms with van der Waals surface area (Å²) in [6.07, 6.45) is 0.983. The number of phenolic OH excluding ortho intramolecular Hbond substituents is 1. The molecule has 1 rings (SSSR count). The van der Waals surface area contributed by atoms with Gasteiger partial charge in [-0.05, 0) is 18.2 Å². The number of hydrogen-bond acceptors (Lipinski definition) is 5. The van der Waals surface area contributed by atoms with Gasteiger partial charge < -0.3 is 5.11 Å². The van der Waals surface area contributed by atoms with E-state index >= 15 is 0 Å². The highest BCUT2D eigenvalue weighted by Gasteiger charge is 2.13. The van der Waals surface area contributed by atoms with Crippen molar-refractivity contribution in [2.75, 3.05) is 19.3 Å². The van der Waals surface area contributed by atoms with Crippen LogP contribution >= 0.6 is 0 Å². The molecular formula is C9H14N2O5S2. The number of aromatic hydroxyl groups is 1. The summed E-state index contributed by atoms with van der Waals surface area (Å²) >= 11 is 0. The summed E-state index contributed by atoms with van der Waals surface area (Å²) in [6, 6.07) is 5.18. The minimum absolute atomic E-state index is 0.0448. The third-order valence-corrected chi connectivity index (χ3v) is 4.10. The molecule has 0 radical (unpaired) electrons. The molecule has 0 atom stereocenters. The first-order valence-electron chi connectivity index (χ1n) is 4.94. The van der Waals surface area contributed by atoms with Crippen molar-refractivity contribution in [3.63, 3.8) is 0 Å². The van der Waals surface area contributed by atoms with Gasteiger partial charge >= 0.3 is 0 Å². The SMILES string of the molecule is CS(=O)(=O)NCCNS(=O)(=O)c1cccc(O)c1. The average Bonchev–Trinajstić information content (AvgIpc) is 2.23. The van der Waals surface area contributed by atoms with Crippen molar-refractivity contribution in [2.24, 2.45) is 0 Å². The maximum absolute atomic E-state index is 11.7. The Hall–Kier alpha value is -1.16. The van der Waals surface area contributed by atoms with E-state index in [1.807, 2.05) is 0 Å². The van der Waals surface area contributed by atoms with Crippen molar-refractivity contribution < 1.29 is 21.9 Å². The van der Waals surface area contributed by atoms with E-state index in [-0.39, 0.29) is 23.7 Å². The van der Waals surface area contributed by atoms with Gasteiger partial charge in [0, 0.05) is 13.1 Å². The van der Waals surface area contributed by atoms with Crippen LogP contribution in [0.3, 0.4) is 0 Å². The highest BCUT2D eigenvalue weighted by molar-refractivity contribution is 7.89. The lowest BCUT2D eigenvalue weighted by atomic mass is 10.3. The number of nitrogens with one attached hydrogen (secondary N) is 2. The summed E-state index contributed by atoms with van der Waals surface area (Å²) < 4.78 is 49.3. The van der Waals surface area contributed by atoms with E-state index in [9.17, 15) is 21.9 Å². The van der Waals surface area contributed by atoms with E-state index in [0.29, 0.717) is 0 Å². The van der Waals surface area contributed by atoms with E-state index in [1.54, 1.807) is 0 Å². The van der Waals surface area contributed by atoms with Crippen LogP contribution in [0.15, 0.2) is 29.2 Å². The van der Waals surface area contributed by atoms with Gasteiger partial charge in [-0.1, -0.05) is 6.07 Å². The minimum atomic E-state index is -3.75. The molecule has 7 nitrogen and oxygen atoms in total. The van der Waals surface area contributed by atoms with Crippen LogP contribution < -0.4 is 9.44 Å². The van der Waals surface area contributed by atoms with Gasteiger partial charge in [0.05, 0.1) is 11.2 Å². The van der Waals surface area contributed by atoms with E-state index in [1.165, 1.54) is 18.2 Å². The van der Waals surface area contributed by atoms with Gasteiger partial charge in [0.1, 0.15) is 5.75 Å². The number of rotatable bonds is 6. The Balaban J connectivity index is 2.61. The Labute approximate surface area is 106 Å². The Morgan fingerprint density at radius 1 is 1.11 bits per heavy atom. The molecule has 0 aromatic heterocycles. The van der Waals surface area contributed by atoms with Crippen LogP contribution in [0, 0.1) is 0 Å². The Bertz CT molecular complexity index is 610. The molecule has 0 bridgehead atoms. The smallest absolute Gasteiger partial charge is 0.240 e. The zero-order valence-corrected chi connectivity index (χ0v) is 11.3. The van der Waals surface area contributed by atoms with E-state index in [4.69, 9.17) is 0 Å². The Kier molecular flexibility index (Phi) is 4.68. The summed E-state index contributed by atoms with van der Waals surface area (Å²) in [4.78, 5) is -0.0816. The first kappa shape index (κ1) is 14.9. The number of sulfonamides is 2. The molecule has 3 N–H and O–H groups in total. The van der Waals surface area contributed by atoms with Crippen LogP contribution in [-0.2, 0) is 20.0 Å². The Morgan fingerprint density at radius 2 is 1.72 bits per heavy atom. The lowest BCUT2D eigenvalue weighted by molar-refractivity contribution is 0.473. The third-order valence-electron chi connectivity index (χ3n) is 1.91. The van der Waals surface area contributed by atoms with Crippen LogP contribution in [0.1, 0.15) is 0 Å². The summed E-state index contributed by atoms with van der Waals surface area (Å²) in [5, 5.41) is 9.17. The quantitative estimate of drug-likeness (QED) is 0.596. The molecule has 9 heteroatoms. The van der Waals surface area contributed by atoms with Crippen molar-refractivity contribution in [1.29, 1.82) is 0 Å². The van der Waals surface area contributed by atoms with E-state index < -0.39 is 20.0 Å². The third kappa shape index (κ3) is 5.00. The van der Waals surface area contributed by atoms with Crippen LogP contribution in [-0.4, -0.2) is 41.3 Å². The normalized spacial score (nSPS) is 12.5. The van der Waals surface area contributed by atoms with Crippen molar-refractivity contribution in [3.8, 4) is 5.75 Å². The van der Waals surface area contributed by atoms with E-state index in [2.05, 4.69) is 9.44 Å². The van der Waals surface area contributed by atoms with Gasteiger partial charge in [0.15, 0.2) is 0 Å². The number of hydrogen-bond donors (Lipinski definition) is 3. The summed E-state index contributed by atoms with van der Waals surface area (Å²) in [6.45, 7) is -0.123. The second-order valence-electron chi connectivity index (χ2n) is 3.56. The van der Waals surface area contributed by atoms with E-state index in [0.717, 1.165) is 12.3 Å². The van der Waals surface area contributed by atoms with Crippen molar-refractivity contribution in [3.05, 3.63) is 24.3 Å². The van der Waals surface area contributed by atoms with Gasteiger partial charge in [0.2, 0.25) is 20.0 Å². The molecule has 0 aliphatic carbocycles. The zero-order valence-electron chi connectivity index (χ0n) is 9.62. The van der Waals surface area contributed by atoms with Crippen molar-refractivity contribution >= 4 is 20.0 Å². The first-order chi connectivity index (χ1) is 8.21. The maximum Gasteiger partial charge on any atom is 0.240 e. The summed E-state index contributed by atoms with van der Waals surface area (Å²) in [5.74, 6) is -0.160. The fraction of sp³-hybridized carbons (Fsp3) is 0.333. The number of benzene rings is 1. The molecule has 0 amide bonds. The molecule has 18 heavy (non-hydrogen) atoms. The highest BCUT2D eigenvalue weighted by atomic mass is 32.2.